The highest BCUT2D eigenvalue weighted by molar-refractivity contribution is 5.78. The highest BCUT2D eigenvalue weighted by Gasteiger charge is 2.30. The van der Waals surface area contributed by atoms with Crippen molar-refractivity contribution in [1.82, 2.24) is 5.32 Å². The van der Waals surface area contributed by atoms with Crippen LogP contribution < -0.4 is 10.2 Å². The third-order valence-corrected chi connectivity index (χ3v) is 7.04. The lowest BCUT2D eigenvalue weighted by Crippen LogP contribution is -2.44. The smallest absolute Gasteiger partial charge is 0.269 e. The summed E-state index contributed by atoms with van der Waals surface area (Å²) in [6, 6.07) is 17.1. The van der Waals surface area contributed by atoms with Crippen LogP contribution in [0.25, 0.3) is 0 Å². The molecule has 1 saturated carbocycles. The van der Waals surface area contributed by atoms with Crippen LogP contribution in [0.5, 0.6) is 0 Å². The van der Waals surface area contributed by atoms with Gasteiger partial charge in [0.05, 0.1) is 11.3 Å². The molecule has 1 unspecified atom stereocenters. The summed E-state index contributed by atoms with van der Waals surface area (Å²) in [7, 11) is 0. The first kappa shape index (κ1) is 22.3. The molecular formula is C26H33N3O3. The number of hydrogen-bond donors (Lipinski definition) is 1. The number of piperidine rings is 1. The number of rotatable bonds is 7. The predicted molar refractivity (Wildman–Crippen MR) is 127 cm³/mol. The van der Waals surface area contributed by atoms with Crippen LogP contribution in [0, 0.1) is 22.0 Å². The van der Waals surface area contributed by atoms with E-state index in [-0.39, 0.29) is 22.6 Å². The number of nitro groups is 1. The summed E-state index contributed by atoms with van der Waals surface area (Å²) in [6.07, 6.45) is 8.63. The second kappa shape index (κ2) is 10.6. The molecule has 2 aromatic rings. The molecule has 0 spiro atoms. The Labute approximate surface area is 190 Å². The van der Waals surface area contributed by atoms with Crippen molar-refractivity contribution in [3.8, 4) is 0 Å². The summed E-state index contributed by atoms with van der Waals surface area (Å²) in [5.41, 5.74) is 2.26. The highest BCUT2D eigenvalue weighted by Crippen LogP contribution is 2.34. The van der Waals surface area contributed by atoms with Gasteiger partial charge < -0.3 is 10.2 Å². The Morgan fingerprint density at radius 3 is 2.50 bits per heavy atom. The monoisotopic (exact) mass is 435 g/mol. The Morgan fingerprint density at radius 2 is 1.75 bits per heavy atom. The van der Waals surface area contributed by atoms with Gasteiger partial charge in [-0.15, -0.1) is 0 Å². The molecule has 1 heterocycles. The fourth-order valence-corrected chi connectivity index (χ4v) is 5.42. The van der Waals surface area contributed by atoms with E-state index in [2.05, 4.69) is 10.2 Å². The molecule has 1 saturated heterocycles. The number of carbonyl (C=O) groups excluding carboxylic acids is 1. The zero-order valence-corrected chi connectivity index (χ0v) is 18.6. The summed E-state index contributed by atoms with van der Waals surface area (Å²) in [5, 5.41) is 14.3. The minimum absolute atomic E-state index is 0.129. The number of nitro benzene ring substituents is 1. The van der Waals surface area contributed by atoms with Gasteiger partial charge in [-0.2, -0.15) is 0 Å². The summed E-state index contributed by atoms with van der Waals surface area (Å²) < 4.78 is 0. The van der Waals surface area contributed by atoms with E-state index in [1.165, 1.54) is 25.7 Å². The molecule has 4 rings (SSSR count). The molecule has 0 bridgehead atoms. The van der Waals surface area contributed by atoms with Crippen molar-refractivity contribution in [3.05, 3.63) is 70.3 Å². The molecule has 1 aliphatic carbocycles. The van der Waals surface area contributed by atoms with Gasteiger partial charge in [0.25, 0.3) is 5.69 Å². The number of anilines is 1. The lowest BCUT2D eigenvalue weighted by Gasteiger charge is -2.39. The van der Waals surface area contributed by atoms with Crippen LogP contribution in [0.4, 0.5) is 11.4 Å². The first-order valence-corrected chi connectivity index (χ1v) is 11.9. The Hall–Kier alpha value is -2.89. The van der Waals surface area contributed by atoms with Crippen molar-refractivity contribution in [3.63, 3.8) is 0 Å². The van der Waals surface area contributed by atoms with Gasteiger partial charge in [-0.05, 0) is 61.6 Å². The van der Waals surface area contributed by atoms with Gasteiger partial charge in [0.2, 0.25) is 5.91 Å². The van der Waals surface area contributed by atoms with Gasteiger partial charge in [0.15, 0.2) is 0 Å². The maximum absolute atomic E-state index is 12.7. The topological polar surface area (TPSA) is 75.5 Å². The quantitative estimate of drug-likeness (QED) is 0.484. The van der Waals surface area contributed by atoms with Crippen molar-refractivity contribution in [2.45, 2.75) is 57.4 Å². The van der Waals surface area contributed by atoms with Gasteiger partial charge in [-0.1, -0.05) is 43.2 Å². The largest absolute Gasteiger partial charge is 0.371 e. The summed E-state index contributed by atoms with van der Waals surface area (Å²) >= 11 is 0. The zero-order chi connectivity index (χ0) is 22.3. The normalized spacial score (nSPS) is 23.5. The van der Waals surface area contributed by atoms with E-state index in [4.69, 9.17) is 0 Å². The molecule has 32 heavy (non-hydrogen) atoms. The highest BCUT2D eigenvalue weighted by atomic mass is 16.6. The standard InChI is InChI=1S/C26H33N3O3/c30-26(18-20-7-2-1-3-8-20)27-25-11-5-4-10-22(25)17-21-9-6-16-28(19-21)23-12-14-24(15-13-23)29(31)32/h1-3,7-8,12-15,21-22,25H,4-6,9-11,16-19H2,(H,27,30)/t21?,22-,25+/m0/s1. The Kier molecular flexibility index (Phi) is 7.40. The first-order valence-electron chi connectivity index (χ1n) is 11.9. The Morgan fingerprint density at radius 1 is 1.00 bits per heavy atom. The van der Waals surface area contributed by atoms with Crippen LogP contribution in [-0.2, 0) is 11.2 Å². The van der Waals surface area contributed by atoms with Gasteiger partial charge in [-0.3, -0.25) is 14.9 Å². The SMILES string of the molecule is O=C(Cc1ccccc1)N[C@@H]1CCCC[C@H]1CC1CCCN(c2ccc([N+](=O)[O-])cc2)C1. The molecule has 3 atom stereocenters. The summed E-state index contributed by atoms with van der Waals surface area (Å²) in [6.45, 7) is 1.98. The second-order valence-corrected chi connectivity index (χ2v) is 9.34. The molecular weight excluding hydrogens is 402 g/mol. The van der Waals surface area contributed by atoms with Gasteiger partial charge >= 0.3 is 0 Å². The molecule has 170 valence electrons. The van der Waals surface area contributed by atoms with Crippen molar-refractivity contribution in [2.75, 3.05) is 18.0 Å². The summed E-state index contributed by atoms with van der Waals surface area (Å²) in [5.74, 6) is 1.25. The van der Waals surface area contributed by atoms with E-state index in [1.807, 2.05) is 42.5 Å². The molecule has 2 aromatic carbocycles. The van der Waals surface area contributed by atoms with E-state index < -0.39 is 0 Å². The Bertz CT molecular complexity index is 900. The van der Waals surface area contributed by atoms with Crippen molar-refractivity contribution >= 4 is 17.3 Å². The van der Waals surface area contributed by atoms with Gasteiger partial charge in [0.1, 0.15) is 0 Å². The molecule has 1 aliphatic heterocycles. The molecule has 1 N–H and O–H groups in total. The average Bonchev–Trinajstić information content (AvgIpc) is 2.81. The number of nitrogens with zero attached hydrogens (tertiary/aromatic N) is 2. The van der Waals surface area contributed by atoms with Gasteiger partial charge in [-0.25, -0.2) is 0 Å². The molecule has 6 nitrogen and oxygen atoms in total. The van der Waals surface area contributed by atoms with E-state index in [1.54, 1.807) is 12.1 Å². The first-order chi connectivity index (χ1) is 15.6. The van der Waals surface area contributed by atoms with Crippen LogP contribution >= 0.6 is 0 Å². The third-order valence-electron chi connectivity index (χ3n) is 7.04. The molecule has 2 fully saturated rings. The number of nitrogens with one attached hydrogen (secondary N) is 1. The lowest BCUT2D eigenvalue weighted by atomic mass is 9.77. The number of benzene rings is 2. The van der Waals surface area contributed by atoms with E-state index in [0.717, 1.165) is 43.6 Å². The number of non-ortho nitro benzene ring substituents is 1. The molecule has 1 amide bonds. The molecule has 0 radical (unpaired) electrons. The number of carbonyl (C=O) groups is 1. The lowest BCUT2D eigenvalue weighted by molar-refractivity contribution is -0.384. The van der Waals surface area contributed by atoms with E-state index in [9.17, 15) is 14.9 Å². The molecule has 6 heteroatoms. The van der Waals surface area contributed by atoms with Crippen LogP contribution in [-0.4, -0.2) is 30.0 Å². The molecule has 0 aromatic heterocycles. The second-order valence-electron chi connectivity index (χ2n) is 9.34. The van der Waals surface area contributed by atoms with Crippen molar-refractivity contribution < 1.29 is 9.72 Å². The van der Waals surface area contributed by atoms with Crippen LogP contribution in [0.2, 0.25) is 0 Å². The average molecular weight is 436 g/mol. The fourth-order valence-electron chi connectivity index (χ4n) is 5.42. The number of amides is 1. The van der Waals surface area contributed by atoms with E-state index in [0.29, 0.717) is 18.3 Å². The van der Waals surface area contributed by atoms with Crippen LogP contribution in [0.15, 0.2) is 54.6 Å². The minimum atomic E-state index is -0.349. The fraction of sp³-hybridized carbons (Fsp3) is 0.500. The van der Waals surface area contributed by atoms with Crippen LogP contribution in [0.1, 0.15) is 50.5 Å². The Balaban J connectivity index is 1.33. The summed E-state index contributed by atoms with van der Waals surface area (Å²) in [4.78, 5) is 25.6. The van der Waals surface area contributed by atoms with Crippen molar-refractivity contribution in [2.24, 2.45) is 11.8 Å². The maximum Gasteiger partial charge on any atom is 0.269 e. The zero-order valence-electron chi connectivity index (χ0n) is 18.6. The van der Waals surface area contributed by atoms with Crippen LogP contribution in [0.3, 0.4) is 0 Å². The predicted octanol–water partition coefficient (Wildman–Crippen LogP) is 5.12. The maximum atomic E-state index is 12.7. The molecule has 2 aliphatic rings. The third kappa shape index (κ3) is 5.87. The van der Waals surface area contributed by atoms with Gasteiger partial charge in [0, 0.05) is 37.0 Å². The van der Waals surface area contributed by atoms with Crippen molar-refractivity contribution in [1.29, 1.82) is 0 Å². The minimum Gasteiger partial charge on any atom is -0.371 e. The van der Waals surface area contributed by atoms with E-state index >= 15 is 0 Å². The number of hydrogen-bond acceptors (Lipinski definition) is 4.